The van der Waals surface area contributed by atoms with Crippen LogP contribution in [0, 0.1) is 25.2 Å². The monoisotopic (exact) mass is 411 g/mol. The number of allylic oxidation sites excluding steroid dienone is 1. The normalized spacial score (nSPS) is 10.9. The molecule has 3 N–H and O–H groups in total. The fourth-order valence-corrected chi connectivity index (χ4v) is 3.33. The van der Waals surface area contributed by atoms with Crippen LogP contribution in [0.2, 0.25) is 0 Å². The lowest BCUT2D eigenvalue weighted by Gasteiger charge is -2.14. The summed E-state index contributed by atoms with van der Waals surface area (Å²) >= 11 is 0. The average Bonchev–Trinajstić information content (AvgIpc) is 3.24. The number of anilines is 4. The number of aromatic nitrogens is 4. The van der Waals surface area contributed by atoms with Crippen LogP contribution in [-0.4, -0.2) is 27.0 Å². The van der Waals surface area contributed by atoms with E-state index >= 15 is 0 Å². The highest BCUT2D eigenvalue weighted by molar-refractivity contribution is 5.86. The Morgan fingerprint density at radius 2 is 1.81 bits per heavy atom. The topological polar surface area (TPSA) is 112 Å². The van der Waals surface area contributed by atoms with E-state index in [-0.39, 0.29) is 0 Å². The predicted molar refractivity (Wildman–Crippen MR) is 122 cm³/mol. The Hall–Kier alpha value is -4.38. The van der Waals surface area contributed by atoms with Gasteiger partial charge in [-0.1, -0.05) is 0 Å². The first kappa shape index (κ1) is 19.9. The van der Waals surface area contributed by atoms with Gasteiger partial charge in [-0.25, -0.2) is 4.98 Å². The number of H-pyrrole nitrogens is 1. The van der Waals surface area contributed by atoms with E-state index in [1.165, 1.54) is 6.08 Å². The van der Waals surface area contributed by atoms with E-state index < -0.39 is 0 Å². The van der Waals surface area contributed by atoms with Crippen LogP contribution < -0.4 is 15.4 Å². The van der Waals surface area contributed by atoms with Crippen LogP contribution in [0.1, 0.15) is 16.7 Å². The lowest BCUT2D eigenvalue weighted by Crippen LogP contribution is -2.04. The summed E-state index contributed by atoms with van der Waals surface area (Å²) < 4.78 is 5.22. The lowest BCUT2D eigenvalue weighted by atomic mass is 10.0. The number of aromatic amines is 1. The quantitative estimate of drug-likeness (QED) is 0.383. The van der Waals surface area contributed by atoms with E-state index in [4.69, 9.17) is 10.00 Å². The fraction of sp³-hybridized carbons (Fsp3) is 0.130. The van der Waals surface area contributed by atoms with Crippen LogP contribution in [-0.2, 0) is 0 Å². The first-order valence-electron chi connectivity index (χ1n) is 9.64. The molecule has 0 fully saturated rings. The number of fused-ring (bicyclic) bond motifs is 1. The van der Waals surface area contributed by atoms with Crippen molar-refractivity contribution in [3.63, 3.8) is 0 Å². The number of imidazole rings is 1. The molecule has 0 aliphatic carbocycles. The van der Waals surface area contributed by atoms with Gasteiger partial charge in [0.15, 0.2) is 11.5 Å². The van der Waals surface area contributed by atoms with Crippen LogP contribution >= 0.6 is 0 Å². The maximum absolute atomic E-state index is 8.76. The number of nitrogens with zero attached hydrogens (tertiary/aromatic N) is 4. The molecule has 2 aromatic heterocycles. The van der Waals surface area contributed by atoms with Crippen molar-refractivity contribution in [2.24, 2.45) is 0 Å². The molecule has 8 nitrogen and oxygen atoms in total. The highest BCUT2D eigenvalue weighted by Gasteiger charge is 2.13. The van der Waals surface area contributed by atoms with Crippen LogP contribution in [0.5, 0.6) is 5.75 Å². The molecule has 0 spiro atoms. The van der Waals surface area contributed by atoms with E-state index in [2.05, 4.69) is 30.6 Å². The van der Waals surface area contributed by atoms with Crippen LogP contribution in [0.15, 0.2) is 48.8 Å². The zero-order chi connectivity index (χ0) is 21.8. The maximum Gasteiger partial charge on any atom is 0.231 e. The van der Waals surface area contributed by atoms with Crippen molar-refractivity contribution < 1.29 is 4.74 Å². The number of methoxy groups -OCH3 is 1. The summed E-state index contributed by atoms with van der Waals surface area (Å²) in [4.78, 5) is 16.6. The molecule has 8 heteroatoms. The molecule has 0 aliphatic heterocycles. The fourth-order valence-electron chi connectivity index (χ4n) is 3.33. The average molecular weight is 411 g/mol. The zero-order valence-electron chi connectivity index (χ0n) is 17.4. The zero-order valence-corrected chi connectivity index (χ0v) is 17.4. The van der Waals surface area contributed by atoms with E-state index in [1.807, 2.05) is 56.3 Å². The molecule has 0 atom stereocenters. The summed E-state index contributed by atoms with van der Waals surface area (Å²) in [5.74, 6) is 1.82. The number of hydrogen-bond acceptors (Lipinski definition) is 7. The largest absolute Gasteiger partial charge is 0.497 e. The molecule has 0 saturated heterocycles. The van der Waals surface area contributed by atoms with E-state index in [9.17, 15) is 0 Å². The van der Waals surface area contributed by atoms with Gasteiger partial charge in [0, 0.05) is 17.5 Å². The van der Waals surface area contributed by atoms with Crippen molar-refractivity contribution in [3.8, 4) is 11.8 Å². The number of hydrogen-bond donors (Lipinski definition) is 3. The lowest BCUT2D eigenvalue weighted by molar-refractivity contribution is 0.415. The minimum absolute atomic E-state index is 0.433. The van der Waals surface area contributed by atoms with Gasteiger partial charge in [0.05, 0.1) is 19.5 Å². The van der Waals surface area contributed by atoms with E-state index in [0.29, 0.717) is 22.9 Å². The third-order valence-corrected chi connectivity index (χ3v) is 4.78. The molecular weight excluding hydrogens is 390 g/mol. The molecular formula is C23H21N7O. The minimum Gasteiger partial charge on any atom is -0.497 e. The van der Waals surface area contributed by atoms with Gasteiger partial charge in [0.25, 0.3) is 0 Å². The molecule has 0 unspecified atom stereocenters. The molecule has 4 aromatic rings. The van der Waals surface area contributed by atoms with Crippen LogP contribution in [0.3, 0.4) is 0 Å². The maximum atomic E-state index is 8.76. The van der Waals surface area contributed by atoms with Gasteiger partial charge < -0.3 is 20.4 Å². The Balaban J connectivity index is 1.67. The van der Waals surface area contributed by atoms with Crippen LogP contribution in [0.25, 0.3) is 17.2 Å². The molecule has 0 amide bonds. The predicted octanol–water partition coefficient (Wildman–Crippen LogP) is 5.00. The second kappa shape index (κ2) is 8.55. The number of benzene rings is 2. The molecule has 0 saturated carbocycles. The molecule has 31 heavy (non-hydrogen) atoms. The SMILES string of the molecule is COc1ccc(Nc2nc(Nc3c(C)cc(/C=C/C#N)cc3C)nc3nc[nH]c23)cc1. The van der Waals surface area contributed by atoms with Gasteiger partial charge >= 0.3 is 0 Å². The molecule has 154 valence electrons. The second-order valence-electron chi connectivity index (χ2n) is 6.97. The summed E-state index contributed by atoms with van der Waals surface area (Å²) in [5, 5.41) is 15.4. The number of nitriles is 1. The van der Waals surface area contributed by atoms with Crippen molar-refractivity contribution in [2.45, 2.75) is 13.8 Å². The Labute approximate surface area is 179 Å². The van der Waals surface area contributed by atoms with Gasteiger partial charge in [0.1, 0.15) is 11.3 Å². The third-order valence-electron chi connectivity index (χ3n) is 4.78. The molecule has 2 aromatic carbocycles. The molecule has 0 radical (unpaired) electrons. The van der Waals surface area contributed by atoms with Crippen molar-refractivity contribution in [1.29, 1.82) is 5.26 Å². The number of aryl methyl sites for hydroxylation is 2. The Morgan fingerprint density at radius 1 is 1.06 bits per heavy atom. The Kier molecular flexibility index (Phi) is 5.49. The smallest absolute Gasteiger partial charge is 0.231 e. The van der Waals surface area contributed by atoms with Crippen molar-refractivity contribution >= 4 is 40.4 Å². The number of nitrogens with one attached hydrogen (secondary N) is 3. The number of rotatable bonds is 6. The van der Waals surface area contributed by atoms with E-state index in [1.54, 1.807) is 19.5 Å². The summed E-state index contributed by atoms with van der Waals surface area (Å²) in [5.41, 5.74) is 6.06. The molecule has 2 heterocycles. The molecule has 0 bridgehead atoms. The van der Waals surface area contributed by atoms with Crippen molar-refractivity contribution in [1.82, 2.24) is 19.9 Å². The third kappa shape index (κ3) is 4.31. The van der Waals surface area contributed by atoms with Gasteiger partial charge in [-0.3, -0.25) is 0 Å². The number of ether oxygens (including phenoxy) is 1. The summed E-state index contributed by atoms with van der Waals surface area (Å²) in [6, 6.07) is 13.6. The first-order chi connectivity index (χ1) is 15.1. The Morgan fingerprint density at radius 3 is 2.48 bits per heavy atom. The minimum atomic E-state index is 0.433. The van der Waals surface area contributed by atoms with Crippen molar-refractivity contribution in [2.75, 3.05) is 17.7 Å². The molecule has 4 rings (SSSR count). The summed E-state index contributed by atoms with van der Waals surface area (Å²) in [7, 11) is 1.63. The summed E-state index contributed by atoms with van der Waals surface area (Å²) in [6.07, 6.45) is 4.84. The summed E-state index contributed by atoms with van der Waals surface area (Å²) in [6.45, 7) is 4.01. The van der Waals surface area contributed by atoms with Gasteiger partial charge in [-0.15, -0.1) is 0 Å². The standard InChI is InChI=1S/C23H21N7O/c1-14-11-16(5-4-10-24)12-15(2)19(14)28-23-29-21-20(25-13-26-21)22(30-23)27-17-6-8-18(31-3)9-7-17/h4-9,11-13H,1-3H3,(H3,25,26,27,28,29,30)/b5-4+. The van der Waals surface area contributed by atoms with Gasteiger partial charge in [0.2, 0.25) is 5.95 Å². The van der Waals surface area contributed by atoms with Crippen molar-refractivity contribution in [3.05, 3.63) is 65.5 Å². The highest BCUT2D eigenvalue weighted by Crippen LogP contribution is 2.28. The highest BCUT2D eigenvalue weighted by atomic mass is 16.5. The van der Waals surface area contributed by atoms with Gasteiger partial charge in [-0.05, 0) is 73.0 Å². The van der Waals surface area contributed by atoms with Gasteiger partial charge in [-0.2, -0.15) is 15.2 Å². The van der Waals surface area contributed by atoms with E-state index in [0.717, 1.165) is 33.8 Å². The Bertz CT molecular complexity index is 1280. The van der Waals surface area contributed by atoms with Crippen LogP contribution in [0.4, 0.5) is 23.1 Å². The first-order valence-corrected chi connectivity index (χ1v) is 9.64. The molecule has 0 aliphatic rings. The second-order valence-corrected chi connectivity index (χ2v) is 6.97.